The maximum Gasteiger partial charge on any atom is 0.235 e. The number of nitrogens with zero attached hydrogens (tertiary/aromatic N) is 2. The highest BCUT2D eigenvalue weighted by atomic mass is 32.2. The number of nitrogens with one attached hydrogen (secondary N) is 1. The van der Waals surface area contributed by atoms with Crippen molar-refractivity contribution in [2.45, 2.75) is 44.1 Å². The molecule has 0 unspecified atom stereocenters. The molecule has 1 heterocycles. The first kappa shape index (κ1) is 16.2. The normalized spacial score (nSPS) is 25.5. The van der Waals surface area contributed by atoms with Crippen LogP contribution < -0.4 is 5.32 Å². The van der Waals surface area contributed by atoms with Crippen LogP contribution in [-0.4, -0.2) is 55.9 Å². The van der Waals surface area contributed by atoms with Crippen molar-refractivity contribution in [3.63, 3.8) is 0 Å². The quantitative estimate of drug-likeness (QED) is 0.764. The summed E-state index contributed by atoms with van der Waals surface area (Å²) in [4.78, 5) is 14.0. The van der Waals surface area contributed by atoms with Gasteiger partial charge in [0.15, 0.2) is 9.84 Å². The lowest BCUT2D eigenvalue weighted by Gasteiger charge is -2.30. The Labute approximate surface area is 126 Å². The molecule has 0 bridgehead atoms. The number of nitriles is 1. The van der Waals surface area contributed by atoms with Crippen molar-refractivity contribution in [2.75, 3.05) is 31.1 Å². The molecule has 0 atom stereocenters. The van der Waals surface area contributed by atoms with Crippen molar-refractivity contribution in [3.8, 4) is 6.07 Å². The molecule has 21 heavy (non-hydrogen) atoms. The van der Waals surface area contributed by atoms with E-state index in [1.54, 1.807) is 0 Å². The third-order valence-electron chi connectivity index (χ3n) is 4.35. The summed E-state index contributed by atoms with van der Waals surface area (Å²) in [5.41, 5.74) is -0.727. The van der Waals surface area contributed by atoms with Gasteiger partial charge < -0.3 is 5.32 Å². The molecular formula is C14H23N3O3S. The van der Waals surface area contributed by atoms with Gasteiger partial charge in [-0.25, -0.2) is 8.42 Å². The van der Waals surface area contributed by atoms with E-state index in [-0.39, 0.29) is 24.0 Å². The minimum atomic E-state index is -2.93. The highest BCUT2D eigenvalue weighted by molar-refractivity contribution is 7.91. The molecule has 0 aromatic rings. The van der Waals surface area contributed by atoms with E-state index in [0.717, 1.165) is 25.7 Å². The van der Waals surface area contributed by atoms with Crippen molar-refractivity contribution in [1.82, 2.24) is 10.2 Å². The Morgan fingerprint density at radius 2 is 1.71 bits per heavy atom. The molecule has 1 N–H and O–H groups in total. The van der Waals surface area contributed by atoms with E-state index >= 15 is 0 Å². The van der Waals surface area contributed by atoms with Crippen LogP contribution >= 0.6 is 0 Å². The van der Waals surface area contributed by atoms with Gasteiger partial charge in [-0.2, -0.15) is 5.26 Å². The van der Waals surface area contributed by atoms with Crippen LogP contribution in [0, 0.1) is 11.3 Å². The van der Waals surface area contributed by atoms with Gasteiger partial charge in [-0.1, -0.05) is 25.7 Å². The molecule has 0 aromatic heterocycles. The van der Waals surface area contributed by atoms with Gasteiger partial charge in [0.1, 0.15) is 5.54 Å². The average molecular weight is 313 g/mol. The molecule has 1 aliphatic heterocycles. The number of rotatable bonds is 3. The van der Waals surface area contributed by atoms with Crippen LogP contribution in [0.2, 0.25) is 0 Å². The molecule has 1 aliphatic carbocycles. The first-order valence-electron chi connectivity index (χ1n) is 7.60. The third kappa shape index (κ3) is 4.68. The summed E-state index contributed by atoms with van der Waals surface area (Å²) in [5, 5.41) is 12.3. The number of carbonyl (C=O) groups is 1. The highest BCUT2D eigenvalue weighted by Gasteiger charge is 2.33. The molecule has 0 spiro atoms. The Morgan fingerprint density at radius 3 is 2.24 bits per heavy atom. The van der Waals surface area contributed by atoms with Crippen LogP contribution in [-0.2, 0) is 14.6 Å². The minimum absolute atomic E-state index is 0.115. The smallest absolute Gasteiger partial charge is 0.235 e. The van der Waals surface area contributed by atoms with Crippen LogP contribution in [0.25, 0.3) is 0 Å². The summed E-state index contributed by atoms with van der Waals surface area (Å²) in [6, 6.07) is 2.29. The zero-order chi connectivity index (χ0) is 15.3. The Balaban J connectivity index is 1.87. The number of hydrogen-bond acceptors (Lipinski definition) is 5. The van der Waals surface area contributed by atoms with Gasteiger partial charge in [0, 0.05) is 13.1 Å². The molecule has 6 nitrogen and oxygen atoms in total. The predicted octanol–water partition coefficient (Wildman–Crippen LogP) is 0.450. The van der Waals surface area contributed by atoms with E-state index < -0.39 is 15.4 Å². The lowest BCUT2D eigenvalue weighted by Crippen LogP contribution is -2.52. The van der Waals surface area contributed by atoms with Gasteiger partial charge in [0.2, 0.25) is 5.91 Å². The Kier molecular flexibility index (Phi) is 5.22. The molecule has 2 fully saturated rings. The maximum absolute atomic E-state index is 12.2. The van der Waals surface area contributed by atoms with Crippen molar-refractivity contribution in [3.05, 3.63) is 0 Å². The fraction of sp³-hybridized carbons (Fsp3) is 0.857. The summed E-state index contributed by atoms with van der Waals surface area (Å²) in [7, 11) is -2.93. The van der Waals surface area contributed by atoms with Crippen LogP contribution in [0.3, 0.4) is 0 Å². The molecule has 1 saturated carbocycles. The Bertz CT molecular complexity index is 502. The number of hydrogen-bond donors (Lipinski definition) is 1. The summed E-state index contributed by atoms with van der Waals surface area (Å²) < 4.78 is 22.7. The zero-order valence-corrected chi connectivity index (χ0v) is 13.1. The van der Waals surface area contributed by atoms with Crippen molar-refractivity contribution < 1.29 is 13.2 Å². The van der Waals surface area contributed by atoms with E-state index in [9.17, 15) is 18.5 Å². The highest BCUT2D eigenvalue weighted by Crippen LogP contribution is 2.26. The Hall–Kier alpha value is -1.13. The standard InChI is InChI=1S/C14H23N3O3S/c15-12-14(5-3-1-2-4-6-14)16-13(18)11-17-7-9-21(19,20)10-8-17/h1-11H2,(H,16,18). The second kappa shape index (κ2) is 6.75. The summed E-state index contributed by atoms with van der Waals surface area (Å²) in [6.45, 7) is 0.976. The van der Waals surface area contributed by atoms with Gasteiger partial charge in [0.05, 0.1) is 24.1 Å². The third-order valence-corrected chi connectivity index (χ3v) is 5.96. The molecule has 2 rings (SSSR count). The second-order valence-electron chi connectivity index (χ2n) is 6.08. The minimum Gasteiger partial charge on any atom is -0.337 e. The topological polar surface area (TPSA) is 90.3 Å². The van der Waals surface area contributed by atoms with Crippen LogP contribution in [0.4, 0.5) is 0 Å². The molecule has 0 radical (unpaired) electrons. The molecule has 1 saturated heterocycles. The number of carbonyl (C=O) groups excluding carboxylic acids is 1. The lowest BCUT2D eigenvalue weighted by atomic mass is 9.92. The summed E-state index contributed by atoms with van der Waals surface area (Å²) >= 11 is 0. The van der Waals surface area contributed by atoms with Crippen molar-refractivity contribution >= 4 is 15.7 Å². The van der Waals surface area contributed by atoms with E-state index in [1.807, 2.05) is 4.90 Å². The largest absolute Gasteiger partial charge is 0.337 e. The van der Waals surface area contributed by atoms with Crippen molar-refractivity contribution in [1.29, 1.82) is 5.26 Å². The monoisotopic (exact) mass is 313 g/mol. The molecule has 118 valence electrons. The van der Waals surface area contributed by atoms with Gasteiger partial charge in [-0.05, 0) is 12.8 Å². The SMILES string of the molecule is N#CC1(NC(=O)CN2CCS(=O)(=O)CC2)CCCCCC1. The predicted molar refractivity (Wildman–Crippen MR) is 79.3 cm³/mol. The average Bonchev–Trinajstić information content (AvgIpc) is 2.67. The summed E-state index contributed by atoms with van der Waals surface area (Å²) in [6.07, 6.45) is 5.59. The van der Waals surface area contributed by atoms with E-state index in [0.29, 0.717) is 25.9 Å². The van der Waals surface area contributed by atoms with Gasteiger partial charge in [-0.3, -0.25) is 9.69 Å². The van der Waals surface area contributed by atoms with E-state index in [4.69, 9.17) is 0 Å². The number of sulfone groups is 1. The van der Waals surface area contributed by atoms with Gasteiger partial charge in [0.25, 0.3) is 0 Å². The van der Waals surface area contributed by atoms with Crippen LogP contribution in [0.1, 0.15) is 38.5 Å². The van der Waals surface area contributed by atoms with E-state index in [1.165, 1.54) is 0 Å². The number of amides is 1. The first-order valence-corrected chi connectivity index (χ1v) is 9.42. The Morgan fingerprint density at radius 1 is 1.14 bits per heavy atom. The molecule has 2 aliphatic rings. The zero-order valence-electron chi connectivity index (χ0n) is 12.3. The lowest BCUT2D eigenvalue weighted by molar-refractivity contribution is -0.123. The molecular weight excluding hydrogens is 290 g/mol. The summed E-state index contributed by atoms with van der Waals surface area (Å²) in [5.74, 6) is 0.0608. The fourth-order valence-corrected chi connectivity index (χ4v) is 4.29. The second-order valence-corrected chi connectivity index (χ2v) is 8.39. The first-order chi connectivity index (χ1) is 9.95. The van der Waals surface area contributed by atoms with E-state index in [2.05, 4.69) is 11.4 Å². The fourth-order valence-electron chi connectivity index (χ4n) is 3.01. The van der Waals surface area contributed by atoms with Gasteiger partial charge >= 0.3 is 0 Å². The molecule has 1 amide bonds. The van der Waals surface area contributed by atoms with Gasteiger partial charge in [-0.15, -0.1) is 0 Å². The van der Waals surface area contributed by atoms with Crippen molar-refractivity contribution in [2.24, 2.45) is 0 Å². The maximum atomic E-state index is 12.2. The molecule has 7 heteroatoms. The van der Waals surface area contributed by atoms with Crippen LogP contribution in [0.15, 0.2) is 0 Å². The molecule has 0 aromatic carbocycles. The van der Waals surface area contributed by atoms with Crippen LogP contribution in [0.5, 0.6) is 0 Å².